The van der Waals surface area contributed by atoms with E-state index in [2.05, 4.69) is 22.5 Å². The molecule has 0 saturated heterocycles. The number of carbonyl (C=O) groups is 1. The SMILES string of the molecule is CCCNc1cc(C(=O)NCCOC(C)C)cc(CC)n1. The highest BCUT2D eigenvalue weighted by Crippen LogP contribution is 2.11. The number of anilines is 1. The lowest BCUT2D eigenvalue weighted by molar-refractivity contribution is 0.0746. The van der Waals surface area contributed by atoms with Gasteiger partial charge >= 0.3 is 0 Å². The van der Waals surface area contributed by atoms with E-state index in [1.54, 1.807) is 6.07 Å². The molecule has 5 nitrogen and oxygen atoms in total. The Bertz CT molecular complexity index is 447. The van der Waals surface area contributed by atoms with Gasteiger partial charge in [0.2, 0.25) is 0 Å². The summed E-state index contributed by atoms with van der Waals surface area (Å²) in [5, 5.41) is 6.10. The molecule has 5 heteroatoms. The smallest absolute Gasteiger partial charge is 0.251 e. The largest absolute Gasteiger partial charge is 0.377 e. The highest BCUT2D eigenvalue weighted by Gasteiger charge is 2.09. The Balaban J connectivity index is 2.64. The van der Waals surface area contributed by atoms with Crippen molar-refractivity contribution in [1.29, 1.82) is 0 Å². The van der Waals surface area contributed by atoms with Crippen LogP contribution in [0.3, 0.4) is 0 Å². The molecule has 1 aromatic heterocycles. The van der Waals surface area contributed by atoms with E-state index in [0.717, 1.165) is 30.9 Å². The van der Waals surface area contributed by atoms with Crippen LogP contribution in [0.1, 0.15) is 50.2 Å². The number of rotatable bonds is 9. The topological polar surface area (TPSA) is 63.2 Å². The van der Waals surface area contributed by atoms with E-state index >= 15 is 0 Å². The summed E-state index contributed by atoms with van der Waals surface area (Å²) in [5.41, 5.74) is 1.56. The van der Waals surface area contributed by atoms with Crippen molar-refractivity contribution >= 4 is 11.7 Å². The van der Waals surface area contributed by atoms with Crippen molar-refractivity contribution in [3.63, 3.8) is 0 Å². The maximum absolute atomic E-state index is 12.2. The van der Waals surface area contributed by atoms with Crippen molar-refractivity contribution in [1.82, 2.24) is 10.3 Å². The fourth-order valence-electron chi connectivity index (χ4n) is 1.80. The monoisotopic (exact) mass is 293 g/mol. The van der Waals surface area contributed by atoms with Gasteiger partial charge in [-0.2, -0.15) is 0 Å². The third-order valence-corrected chi connectivity index (χ3v) is 2.90. The average Bonchev–Trinajstić information content (AvgIpc) is 2.48. The average molecular weight is 293 g/mol. The van der Waals surface area contributed by atoms with E-state index in [9.17, 15) is 4.79 Å². The van der Waals surface area contributed by atoms with Crippen LogP contribution in [0.2, 0.25) is 0 Å². The van der Waals surface area contributed by atoms with Crippen LogP contribution in [0.5, 0.6) is 0 Å². The second-order valence-corrected chi connectivity index (χ2v) is 5.19. The lowest BCUT2D eigenvalue weighted by Gasteiger charge is -2.11. The minimum Gasteiger partial charge on any atom is -0.377 e. The number of aryl methyl sites for hydroxylation is 1. The quantitative estimate of drug-likeness (QED) is 0.687. The Hall–Kier alpha value is -1.62. The fraction of sp³-hybridized carbons (Fsp3) is 0.625. The first-order chi connectivity index (χ1) is 10.1. The van der Waals surface area contributed by atoms with Crippen LogP contribution in [0.25, 0.3) is 0 Å². The molecule has 0 aromatic carbocycles. The minimum atomic E-state index is -0.0843. The molecule has 1 heterocycles. The standard InChI is InChI=1S/C16H27N3O2/c1-5-7-17-15-11-13(10-14(6-2)19-15)16(20)18-8-9-21-12(3)4/h10-12H,5-9H2,1-4H3,(H,17,19)(H,18,20). The van der Waals surface area contributed by atoms with E-state index in [1.807, 2.05) is 26.8 Å². The summed E-state index contributed by atoms with van der Waals surface area (Å²) in [5.74, 6) is 0.679. The van der Waals surface area contributed by atoms with Crippen LogP contribution in [-0.2, 0) is 11.2 Å². The van der Waals surface area contributed by atoms with Crippen molar-refractivity contribution in [2.75, 3.05) is 25.0 Å². The second-order valence-electron chi connectivity index (χ2n) is 5.19. The van der Waals surface area contributed by atoms with E-state index in [0.29, 0.717) is 18.7 Å². The van der Waals surface area contributed by atoms with Gasteiger partial charge in [-0.15, -0.1) is 0 Å². The van der Waals surface area contributed by atoms with Crippen LogP contribution in [0, 0.1) is 0 Å². The summed E-state index contributed by atoms with van der Waals surface area (Å²) in [6.45, 7) is 9.97. The molecule has 0 aliphatic rings. The Labute approximate surface area is 127 Å². The lowest BCUT2D eigenvalue weighted by Crippen LogP contribution is -2.28. The predicted molar refractivity (Wildman–Crippen MR) is 85.8 cm³/mol. The van der Waals surface area contributed by atoms with Gasteiger partial charge in [0.25, 0.3) is 5.91 Å². The van der Waals surface area contributed by atoms with Gasteiger partial charge in [-0.25, -0.2) is 4.98 Å². The number of amides is 1. The van der Waals surface area contributed by atoms with Gasteiger partial charge in [-0.1, -0.05) is 13.8 Å². The molecule has 0 saturated carbocycles. The van der Waals surface area contributed by atoms with E-state index in [4.69, 9.17) is 4.74 Å². The Morgan fingerprint density at radius 3 is 2.67 bits per heavy atom. The molecule has 2 N–H and O–H groups in total. The molecule has 0 unspecified atom stereocenters. The van der Waals surface area contributed by atoms with Crippen LogP contribution >= 0.6 is 0 Å². The molecule has 0 spiro atoms. The maximum Gasteiger partial charge on any atom is 0.251 e. The highest BCUT2D eigenvalue weighted by atomic mass is 16.5. The zero-order valence-corrected chi connectivity index (χ0v) is 13.5. The molecular formula is C16H27N3O2. The maximum atomic E-state index is 12.2. The first-order valence-corrected chi connectivity index (χ1v) is 7.71. The molecule has 1 rings (SSSR count). The van der Waals surface area contributed by atoms with E-state index in [-0.39, 0.29) is 12.0 Å². The summed E-state index contributed by atoms with van der Waals surface area (Å²) in [6, 6.07) is 3.64. The number of aromatic nitrogens is 1. The summed E-state index contributed by atoms with van der Waals surface area (Å²) in [4.78, 5) is 16.6. The normalized spacial score (nSPS) is 10.7. The molecule has 0 fully saturated rings. The van der Waals surface area contributed by atoms with Crippen molar-refractivity contribution < 1.29 is 9.53 Å². The molecule has 0 radical (unpaired) electrons. The Kier molecular flexibility index (Phi) is 7.75. The van der Waals surface area contributed by atoms with Crippen LogP contribution in [0.15, 0.2) is 12.1 Å². The fourth-order valence-corrected chi connectivity index (χ4v) is 1.80. The lowest BCUT2D eigenvalue weighted by atomic mass is 10.2. The Morgan fingerprint density at radius 2 is 2.05 bits per heavy atom. The van der Waals surface area contributed by atoms with Gasteiger partial charge in [-0.05, 0) is 38.8 Å². The molecule has 0 aliphatic carbocycles. The van der Waals surface area contributed by atoms with Gasteiger partial charge in [0.15, 0.2) is 0 Å². The zero-order valence-electron chi connectivity index (χ0n) is 13.5. The van der Waals surface area contributed by atoms with E-state index in [1.165, 1.54) is 0 Å². The van der Waals surface area contributed by atoms with Crippen molar-refractivity contribution in [2.24, 2.45) is 0 Å². The molecule has 1 aromatic rings. The number of pyridine rings is 1. The first kappa shape index (κ1) is 17.4. The molecule has 1 amide bonds. The van der Waals surface area contributed by atoms with Gasteiger partial charge < -0.3 is 15.4 Å². The highest BCUT2D eigenvalue weighted by molar-refractivity contribution is 5.95. The van der Waals surface area contributed by atoms with Gasteiger partial charge in [0, 0.05) is 24.3 Å². The number of hydrogen-bond acceptors (Lipinski definition) is 4. The van der Waals surface area contributed by atoms with Crippen molar-refractivity contribution in [3.05, 3.63) is 23.4 Å². The predicted octanol–water partition coefficient (Wildman–Crippen LogP) is 2.62. The molecule has 118 valence electrons. The minimum absolute atomic E-state index is 0.0843. The first-order valence-electron chi connectivity index (χ1n) is 7.71. The third-order valence-electron chi connectivity index (χ3n) is 2.90. The van der Waals surface area contributed by atoms with Gasteiger partial charge in [0.05, 0.1) is 12.7 Å². The van der Waals surface area contributed by atoms with Crippen molar-refractivity contribution in [2.45, 2.75) is 46.6 Å². The summed E-state index contributed by atoms with van der Waals surface area (Å²) < 4.78 is 5.41. The summed E-state index contributed by atoms with van der Waals surface area (Å²) >= 11 is 0. The third kappa shape index (κ3) is 6.58. The summed E-state index contributed by atoms with van der Waals surface area (Å²) in [7, 11) is 0. The zero-order chi connectivity index (χ0) is 15.7. The van der Waals surface area contributed by atoms with Crippen LogP contribution in [-0.4, -0.2) is 36.7 Å². The number of ether oxygens (including phenoxy) is 1. The molecular weight excluding hydrogens is 266 g/mol. The molecule has 21 heavy (non-hydrogen) atoms. The Morgan fingerprint density at radius 1 is 1.29 bits per heavy atom. The molecule has 0 aliphatic heterocycles. The van der Waals surface area contributed by atoms with Gasteiger partial charge in [-0.3, -0.25) is 4.79 Å². The number of nitrogens with zero attached hydrogens (tertiary/aromatic N) is 1. The van der Waals surface area contributed by atoms with Crippen LogP contribution < -0.4 is 10.6 Å². The molecule has 0 atom stereocenters. The summed E-state index contributed by atoms with van der Waals surface area (Å²) in [6.07, 6.45) is 2.00. The van der Waals surface area contributed by atoms with Crippen molar-refractivity contribution in [3.8, 4) is 0 Å². The molecule has 0 bridgehead atoms. The number of hydrogen-bond donors (Lipinski definition) is 2. The number of nitrogens with one attached hydrogen (secondary N) is 2. The van der Waals surface area contributed by atoms with Gasteiger partial charge in [0.1, 0.15) is 5.82 Å². The second kappa shape index (κ2) is 9.34. The van der Waals surface area contributed by atoms with Crippen LogP contribution in [0.4, 0.5) is 5.82 Å². The van der Waals surface area contributed by atoms with E-state index < -0.39 is 0 Å². The number of carbonyl (C=O) groups excluding carboxylic acids is 1.